The Labute approximate surface area is 177 Å². The summed E-state index contributed by atoms with van der Waals surface area (Å²) in [6, 6.07) is 5.70. The van der Waals surface area contributed by atoms with Gasteiger partial charge in [0.25, 0.3) is 5.91 Å². The zero-order chi connectivity index (χ0) is 20.5. The predicted molar refractivity (Wildman–Crippen MR) is 115 cm³/mol. The quantitative estimate of drug-likeness (QED) is 0.750. The molecule has 1 saturated heterocycles. The molecule has 156 valence electrons. The zero-order valence-corrected chi connectivity index (χ0v) is 18.0. The third-order valence-electron chi connectivity index (χ3n) is 6.52. The third kappa shape index (κ3) is 4.03. The van der Waals surface area contributed by atoms with Gasteiger partial charge in [0.15, 0.2) is 0 Å². The molecule has 0 aromatic heterocycles. The molecule has 0 radical (unpaired) electrons. The van der Waals surface area contributed by atoms with E-state index < -0.39 is 6.04 Å². The van der Waals surface area contributed by atoms with Gasteiger partial charge < -0.3 is 19.9 Å². The number of fused-ring (bicyclic) bond motifs is 1. The molecule has 2 aliphatic heterocycles. The first-order valence-corrected chi connectivity index (χ1v) is 11.0. The van der Waals surface area contributed by atoms with Crippen molar-refractivity contribution in [3.05, 3.63) is 29.3 Å². The van der Waals surface area contributed by atoms with E-state index in [0.29, 0.717) is 36.0 Å². The number of nitrogens with zero attached hydrogens (tertiary/aromatic N) is 2. The molecule has 7 heteroatoms. The van der Waals surface area contributed by atoms with Crippen LogP contribution < -0.4 is 10.1 Å². The summed E-state index contributed by atoms with van der Waals surface area (Å²) < 4.78 is 6.40. The average molecular weight is 416 g/mol. The molecule has 1 saturated carbocycles. The molecule has 3 aliphatic rings. The average Bonchev–Trinajstić information content (AvgIpc) is 3.03. The van der Waals surface area contributed by atoms with Crippen molar-refractivity contribution in [2.24, 2.45) is 0 Å². The van der Waals surface area contributed by atoms with Gasteiger partial charge in [-0.2, -0.15) is 0 Å². The Kier molecular flexibility index (Phi) is 5.88. The van der Waals surface area contributed by atoms with Crippen LogP contribution in [0.25, 0.3) is 0 Å². The van der Waals surface area contributed by atoms with Gasteiger partial charge in [-0.1, -0.05) is 25.6 Å². The molecule has 6 nitrogen and oxygen atoms in total. The maximum absolute atomic E-state index is 12.9. The molecule has 1 aromatic rings. The van der Waals surface area contributed by atoms with E-state index in [9.17, 15) is 9.59 Å². The molecule has 0 bridgehead atoms. The highest BCUT2D eigenvalue weighted by Gasteiger charge is 2.38. The minimum Gasteiger partial charge on any atom is -0.489 e. The van der Waals surface area contributed by atoms with Gasteiger partial charge in [0, 0.05) is 24.6 Å². The SMILES string of the molecule is CCN(C)[C@H]1CCCC[C@H]1Oc1ccc2c(c1)CN(C1CCC(=S)NC1=O)C2=O. The number of thiocarbonyl (C=S) groups is 1. The van der Waals surface area contributed by atoms with Crippen LogP contribution in [0.2, 0.25) is 0 Å². The molecule has 1 N–H and O–H groups in total. The van der Waals surface area contributed by atoms with E-state index in [1.165, 1.54) is 12.8 Å². The lowest BCUT2D eigenvalue weighted by Gasteiger charge is -2.37. The summed E-state index contributed by atoms with van der Waals surface area (Å²) >= 11 is 5.09. The number of hydrogen-bond acceptors (Lipinski definition) is 5. The maximum Gasteiger partial charge on any atom is 0.255 e. The molecule has 1 aromatic carbocycles. The van der Waals surface area contributed by atoms with Crippen molar-refractivity contribution in [2.75, 3.05) is 13.6 Å². The highest BCUT2D eigenvalue weighted by molar-refractivity contribution is 7.80. The van der Waals surface area contributed by atoms with Gasteiger partial charge in [-0.05, 0) is 63.0 Å². The molecule has 4 rings (SSSR count). The van der Waals surface area contributed by atoms with Gasteiger partial charge in [-0.3, -0.25) is 9.59 Å². The van der Waals surface area contributed by atoms with Gasteiger partial charge in [0.2, 0.25) is 5.91 Å². The standard InChI is InChI=1S/C22H29N3O3S/c1-3-24(2)17-6-4-5-7-19(17)28-15-8-9-16-14(12-15)13-25(22(16)27)18-10-11-20(29)23-21(18)26/h8-9,12,17-19H,3-7,10-11,13H2,1-2H3,(H,23,26,29)/t17-,18?,19+/m0/s1. The number of piperidine rings is 1. The number of benzene rings is 1. The Morgan fingerprint density at radius 3 is 2.79 bits per heavy atom. The largest absolute Gasteiger partial charge is 0.489 e. The van der Waals surface area contributed by atoms with Gasteiger partial charge in [0.1, 0.15) is 17.9 Å². The van der Waals surface area contributed by atoms with E-state index in [1.807, 2.05) is 18.2 Å². The van der Waals surface area contributed by atoms with Crippen LogP contribution in [0.5, 0.6) is 5.75 Å². The normalized spacial score (nSPS) is 27.2. The molecule has 0 spiro atoms. The van der Waals surface area contributed by atoms with Crippen molar-refractivity contribution in [2.45, 2.75) is 70.2 Å². The fourth-order valence-corrected chi connectivity index (χ4v) is 4.97. The number of carbonyl (C=O) groups is 2. The molecule has 1 aliphatic carbocycles. The lowest BCUT2D eigenvalue weighted by molar-refractivity contribution is -0.125. The van der Waals surface area contributed by atoms with E-state index in [0.717, 1.165) is 30.7 Å². The molecule has 1 unspecified atom stereocenters. The van der Waals surface area contributed by atoms with Gasteiger partial charge in [0.05, 0.1) is 4.99 Å². The minimum atomic E-state index is -0.452. The van der Waals surface area contributed by atoms with Crippen molar-refractivity contribution in [1.82, 2.24) is 15.1 Å². The summed E-state index contributed by atoms with van der Waals surface area (Å²) in [5.74, 6) is 0.557. The summed E-state index contributed by atoms with van der Waals surface area (Å²) in [4.78, 5) is 29.8. The Hall–Kier alpha value is -1.99. The van der Waals surface area contributed by atoms with Gasteiger partial charge in [-0.25, -0.2) is 0 Å². The van der Waals surface area contributed by atoms with Crippen molar-refractivity contribution < 1.29 is 14.3 Å². The van der Waals surface area contributed by atoms with Crippen molar-refractivity contribution in [3.8, 4) is 5.75 Å². The van der Waals surface area contributed by atoms with Crippen molar-refractivity contribution >= 4 is 29.0 Å². The number of hydrogen-bond donors (Lipinski definition) is 1. The number of likely N-dealkylation sites (N-methyl/N-ethyl adjacent to an activating group) is 1. The fraction of sp³-hybridized carbons (Fsp3) is 0.591. The fourth-order valence-electron chi connectivity index (χ4n) is 4.75. The highest BCUT2D eigenvalue weighted by atomic mass is 32.1. The first kappa shape index (κ1) is 20.3. The van der Waals surface area contributed by atoms with Crippen molar-refractivity contribution in [1.29, 1.82) is 0 Å². The Bertz CT molecular complexity index is 828. The molecule has 3 atom stereocenters. The molecular weight excluding hydrogens is 386 g/mol. The first-order valence-electron chi connectivity index (χ1n) is 10.6. The summed E-state index contributed by atoms with van der Waals surface area (Å²) in [5, 5.41) is 2.71. The van der Waals surface area contributed by atoms with E-state index >= 15 is 0 Å². The van der Waals surface area contributed by atoms with Crippen LogP contribution in [0.1, 0.15) is 61.4 Å². The van der Waals surface area contributed by atoms with E-state index in [-0.39, 0.29) is 17.9 Å². The van der Waals surface area contributed by atoms with E-state index in [2.05, 4.69) is 24.2 Å². The monoisotopic (exact) mass is 415 g/mol. The second-order valence-corrected chi connectivity index (χ2v) is 8.79. The highest BCUT2D eigenvalue weighted by Crippen LogP contribution is 2.32. The molecular formula is C22H29N3O3S. The van der Waals surface area contributed by atoms with Gasteiger partial charge >= 0.3 is 0 Å². The van der Waals surface area contributed by atoms with Crippen LogP contribution in [-0.4, -0.2) is 58.4 Å². The number of amides is 2. The molecule has 2 amide bonds. The molecule has 29 heavy (non-hydrogen) atoms. The van der Waals surface area contributed by atoms with Crippen molar-refractivity contribution in [3.63, 3.8) is 0 Å². The van der Waals surface area contributed by atoms with Gasteiger partial charge in [-0.15, -0.1) is 0 Å². The number of carbonyl (C=O) groups excluding carboxylic acids is 2. The Morgan fingerprint density at radius 1 is 1.24 bits per heavy atom. The van der Waals surface area contributed by atoms with E-state index in [1.54, 1.807) is 4.90 Å². The summed E-state index contributed by atoms with van der Waals surface area (Å²) in [6.07, 6.45) is 6.04. The summed E-state index contributed by atoms with van der Waals surface area (Å²) in [6.45, 7) is 3.62. The van der Waals surface area contributed by atoms with Crippen LogP contribution >= 0.6 is 12.2 Å². The number of ether oxygens (including phenoxy) is 1. The number of nitrogens with one attached hydrogen (secondary N) is 1. The topological polar surface area (TPSA) is 61.9 Å². The zero-order valence-electron chi connectivity index (χ0n) is 17.1. The minimum absolute atomic E-state index is 0.0826. The second kappa shape index (κ2) is 8.40. The van der Waals surface area contributed by atoms with Crippen LogP contribution in [0.3, 0.4) is 0 Å². The van der Waals surface area contributed by atoms with Crippen LogP contribution in [0.15, 0.2) is 18.2 Å². The van der Waals surface area contributed by atoms with Crippen LogP contribution in [0.4, 0.5) is 0 Å². The smallest absolute Gasteiger partial charge is 0.255 e. The van der Waals surface area contributed by atoms with E-state index in [4.69, 9.17) is 17.0 Å². The molecule has 2 heterocycles. The Morgan fingerprint density at radius 2 is 2.03 bits per heavy atom. The number of rotatable bonds is 5. The lowest BCUT2D eigenvalue weighted by Crippen LogP contribution is -2.52. The van der Waals surface area contributed by atoms with Crippen LogP contribution in [-0.2, 0) is 11.3 Å². The lowest BCUT2D eigenvalue weighted by atomic mass is 9.91. The first-order chi connectivity index (χ1) is 14.0. The maximum atomic E-state index is 12.9. The Balaban J connectivity index is 1.48. The second-order valence-electron chi connectivity index (χ2n) is 8.30. The van der Waals surface area contributed by atoms with Crippen LogP contribution in [0, 0.1) is 0 Å². The predicted octanol–water partition coefficient (Wildman–Crippen LogP) is 2.89. The third-order valence-corrected chi connectivity index (χ3v) is 6.82. The molecule has 2 fully saturated rings. The summed E-state index contributed by atoms with van der Waals surface area (Å²) in [7, 11) is 2.16. The summed E-state index contributed by atoms with van der Waals surface area (Å²) in [5.41, 5.74) is 1.61.